The Balaban J connectivity index is 1.47. The first-order chi connectivity index (χ1) is 16.0. The summed E-state index contributed by atoms with van der Waals surface area (Å²) in [5, 5.41) is 2.03. The molecule has 0 bridgehead atoms. The average molecular weight is 557 g/mol. The van der Waals surface area contributed by atoms with Crippen LogP contribution in [0.5, 0.6) is 0 Å². The Labute approximate surface area is 205 Å². The van der Waals surface area contributed by atoms with E-state index in [1.807, 2.05) is 16.3 Å². The summed E-state index contributed by atoms with van der Waals surface area (Å²) >= 11 is 13.3. The van der Waals surface area contributed by atoms with E-state index in [1.165, 1.54) is 11.3 Å². The van der Waals surface area contributed by atoms with E-state index in [9.17, 15) is 30.4 Å². The molecule has 1 saturated heterocycles. The van der Waals surface area contributed by atoms with Gasteiger partial charge in [0.05, 0.1) is 21.0 Å². The lowest BCUT2D eigenvalue weighted by Gasteiger charge is -2.31. The Bertz CT molecular complexity index is 1330. The second-order valence-corrected chi connectivity index (χ2v) is 11.5. The second kappa shape index (κ2) is 9.60. The van der Waals surface area contributed by atoms with Crippen LogP contribution in [0.1, 0.15) is 24.1 Å². The summed E-state index contributed by atoms with van der Waals surface area (Å²) in [4.78, 5) is 4.58. The molecule has 0 amide bonds. The minimum absolute atomic E-state index is 0.0659. The predicted octanol–water partition coefficient (Wildman–Crippen LogP) is 6.18. The third-order valence-electron chi connectivity index (χ3n) is 5.51. The molecule has 0 N–H and O–H groups in total. The van der Waals surface area contributed by atoms with Gasteiger partial charge in [0.15, 0.2) is 38.2 Å². The quantitative estimate of drug-likeness (QED) is 0.163. The second-order valence-electron chi connectivity index (χ2n) is 7.68. The van der Waals surface area contributed by atoms with Crippen molar-refractivity contribution in [1.82, 2.24) is 4.98 Å². The summed E-state index contributed by atoms with van der Waals surface area (Å²) in [6.07, 6.45) is 0.367. The van der Waals surface area contributed by atoms with Crippen molar-refractivity contribution in [2.24, 2.45) is 0 Å². The maximum Gasteiger partial charge on any atom is 0.200 e. The molecule has 4 rings (SSSR count). The van der Waals surface area contributed by atoms with E-state index in [2.05, 4.69) is 4.98 Å². The van der Waals surface area contributed by atoms with Gasteiger partial charge in [0, 0.05) is 24.9 Å². The molecule has 4 nitrogen and oxygen atoms in total. The normalized spacial score (nSPS) is 15.2. The van der Waals surface area contributed by atoms with Crippen LogP contribution in [0.15, 0.2) is 28.5 Å². The maximum atomic E-state index is 14.1. The monoisotopic (exact) mass is 556 g/mol. The number of nitrogens with zero attached hydrogens (tertiary/aromatic N) is 2. The molecule has 2 aromatic carbocycles. The zero-order valence-electron chi connectivity index (χ0n) is 17.1. The first-order valence-electron chi connectivity index (χ1n) is 9.89. The molecule has 0 radical (unpaired) electrons. The van der Waals surface area contributed by atoms with Crippen molar-refractivity contribution in [1.29, 1.82) is 0 Å². The van der Waals surface area contributed by atoms with Gasteiger partial charge in [-0.15, -0.1) is 11.3 Å². The SMILES string of the molecule is O=S(=O)(c1c(F)c(F)c(F)c(F)c1F)C1CCN(c2nc(Cc3ccc(Cl)c(Cl)c3)cs2)CC1. The zero-order valence-corrected chi connectivity index (χ0v) is 20.2. The van der Waals surface area contributed by atoms with Crippen molar-refractivity contribution < 1.29 is 30.4 Å². The van der Waals surface area contributed by atoms with Crippen LogP contribution in [0.4, 0.5) is 27.1 Å². The van der Waals surface area contributed by atoms with Crippen molar-refractivity contribution in [2.45, 2.75) is 29.4 Å². The van der Waals surface area contributed by atoms with Crippen molar-refractivity contribution in [3.8, 4) is 0 Å². The highest BCUT2D eigenvalue weighted by Gasteiger charge is 2.39. The highest BCUT2D eigenvalue weighted by atomic mass is 35.5. The van der Waals surface area contributed by atoms with Crippen molar-refractivity contribution in [2.75, 3.05) is 18.0 Å². The summed E-state index contributed by atoms with van der Waals surface area (Å²) < 4.78 is 94.1. The standard InChI is InChI=1S/C21H15Cl2F5N2O2S2/c22-13-2-1-10(8-14(13)23)7-11-9-33-21(29-11)30-5-3-12(4-6-30)34(31,32)20-18(27)16(25)15(24)17(26)19(20)28/h1-2,8-9,12H,3-7H2. The third-order valence-corrected chi connectivity index (χ3v) is 9.48. The van der Waals surface area contributed by atoms with E-state index < -0.39 is 49.1 Å². The van der Waals surface area contributed by atoms with Crippen LogP contribution in [0.3, 0.4) is 0 Å². The fourth-order valence-corrected chi connectivity index (χ4v) is 6.78. The van der Waals surface area contributed by atoms with Crippen molar-refractivity contribution in [3.63, 3.8) is 0 Å². The molecule has 13 heteroatoms. The molecular weight excluding hydrogens is 542 g/mol. The predicted molar refractivity (Wildman–Crippen MR) is 120 cm³/mol. The molecule has 1 aliphatic heterocycles. The van der Waals surface area contributed by atoms with Crippen LogP contribution in [0, 0.1) is 29.1 Å². The maximum absolute atomic E-state index is 14.1. The molecule has 0 saturated carbocycles. The van der Waals surface area contributed by atoms with Crippen LogP contribution >= 0.6 is 34.5 Å². The number of anilines is 1. The summed E-state index contributed by atoms with van der Waals surface area (Å²) in [6.45, 7) is 0.359. The van der Waals surface area contributed by atoms with Gasteiger partial charge in [-0.3, -0.25) is 0 Å². The Kier molecular flexibility index (Phi) is 7.10. The number of rotatable bonds is 5. The first kappa shape index (κ1) is 25.2. The number of hydrogen-bond acceptors (Lipinski definition) is 5. The van der Waals surface area contributed by atoms with E-state index in [0.29, 0.717) is 21.6 Å². The smallest absolute Gasteiger partial charge is 0.200 e. The number of thiazole rings is 1. The Hall–Kier alpha value is -1.95. The van der Waals surface area contributed by atoms with Gasteiger partial charge in [-0.25, -0.2) is 35.4 Å². The molecule has 0 spiro atoms. The van der Waals surface area contributed by atoms with Crippen molar-refractivity contribution >= 4 is 49.5 Å². The van der Waals surface area contributed by atoms with Gasteiger partial charge in [0.1, 0.15) is 4.90 Å². The highest BCUT2D eigenvalue weighted by molar-refractivity contribution is 7.92. The van der Waals surface area contributed by atoms with Gasteiger partial charge in [0.25, 0.3) is 0 Å². The molecule has 1 aromatic heterocycles. The Morgan fingerprint density at radius 1 is 0.941 bits per heavy atom. The summed E-state index contributed by atoms with van der Waals surface area (Å²) in [5.74, 6) is -11.7. The van der Waals surface area contributed by atoms with Gasteiger partial charge < -0.3 is 4.90 Å². The van der Waals surface area contributed by atoms with Gasteiger partial charge in [-0.2, -0.15) is 0 Å². The van der Waals surface area contributed by atoms with E-state index in [0.717, 1.165) is 11.3 Å². The molecule has 1 aliphatic rings. The number of sulfone groups is 1. The number of piperidine rings is 1. The largest absolute Gasteiger partial charge is 0.348 e. The van der Waals surface area contributed by atoms with Gasteiger partial charge in [0.2, 0.25) is 5.82 Å². The lowest BCUT2D eigenvalue weighted by atomic mass is 10.1. The first-order valence-corrected chi connectivity index (χ1v) is 13.1. The van der Waals surface area contributed by atoms with Gasteiger partial charge in [-0.1, -0.05) is 29.3 Å². The van der Waals surface area contributed by atoms with Crippen LogP contribution < -0.4 is 4.90 Å². The van der Waals surface area contributed by atoms with Crippen LogP contribution in [-0.2, 0) is 16.3 Å². The minimum atomic E-state index is -4.80. The molecule has 2 heterocycles. The molecule has 1 fully saturated rings. The van der Waals surface area contributed by atoms with Gasteiger partial charge in [-0.05, 0) is 30.5 Å². The van der Waals surface area contributed by atoms with Crippen LogP contribution in [0.25, 0.3) is 0 Å². The minimum Gasteiger partial charge on any atom is -0.348 e. The molecule has 0 atom stereocenters. The molecule has 34 heavy (non-hydrogen) atoms. The summed E-state index contributed by atoms with van der Waals surface area (Å²) in [6, 6.07) is 5.24. The third kappa shape index (κ3) is 4.62. The Morgan fingerprint density at radius 2 is 1.53 bits per heavy atom. The zero-order chi connectivity index (χ0) is 24.8. The fraction of sp³-hybridized carbons (Fsp3) is 0.286. The van der Waals surface area contributed by atoms with E-state index >= 15 is 0 Å². The molecule has 3 aromatic rings. The lowest BCUT2D eigenvalue weighted by Crippen LogP contribution is -2.40. The van der Waals surface area contributed by atoms with E-state index in [1.54, 1.807) is 12.1 Å². The van der Waals surface area contributed by atoms with E-state index in [4.69, 9.17) is 23.2 Å². The van der Waals surface area contributed by atoms with Gasteiger partial charge >= 0.3 is 0 Å². The lowest BCUT2D eigenvalue weighted by molar-refractivity contribution is 0.356. The number of hydrogen-bond donors (Lipinski definition) is 0. The number of halogens is 7. The molecule has 0 unspecified atom stereocenters. The van der Waals surface area contributed by atoms with Crippen LogP contribution in [0.2, 0.25) is 10.0 Å². The van der Waals surface area contributed by atoms with Crippen LogP contribution in [-0.4, -0.2) is 31.7 Å². The average Bonchev–Trinajstić information content (AvgIpc) is 3.27. The highest BCUT2D eigenvalue weighted by Crippen LogP contribution is 2.34. The topological polar surface area (TPSA) is 50.3 Å². The molecule has 182 valence electrons. The summed E-state index contributed by atoms with van der Waals surface area (Å²) in [7, 11) is -4.80. The number of aromatic nitrogens is 1. The number of benzene rings is 2. The Morgan fingerprint density at radius 3 is 2.12 bits per heavy atom. The van der Waals surface area contributed by atoms with E-state index in [-0.39, 0.29) is 25.9 Å². The molecular formula is C21H15Cl2F5N2O2S2. The summed E-state index contributed by atoms with van der Waals surface area (Å²) in [5.41, 5.74) is 1.66. The fourth-order valence-electron chi connectivity index (χ4n) is 3.74. The molecule has 0 aliphatic carbocycles. The van der Waals surface area contributed by atoms with Crippen molar-refractivity contribution in [3.05, 3.63) is 74.0 Å².